The van der Waals surface area contributed by atoms with E-state index in [0.717, 1.165) is 4.88 Å². The van der Waals surface area contributed by atoms with Crippen LogP contribution in [0.4, 0.5) is 0 Å². The van der Waals surface area contributed by atoms with Crippen LogP contribution in [0, 0.1) is 5.92 Å². The van der Waals surface area contributed by atoms with Crippen LogP contribution in [0.1, 0.15) is 29.3 Å². The van der Waals surface area contributed by atoms with Gasteiger partial charge in [-0.25, -0.2) is 0 Å². The molecule has 2 aromatic heterocycles. The van der Waals surface area contributed by atoms with Gasteiger partial charge >= 0.3 is 0 Å². The Bertz CT molecular complexity index is 605. The summed E-state index contributed by atoms with van der Waals surface area (Å²) >= 11 is 1.60. The van der Waals surface area contributed by atoms with Gasteiger partial charge in [0.2, 0.25) is 5.91 Å². The van der Waals surface area contributed by atoms with Gasteiger partial charge in [-0.2, -0.15) is 0 Å². The van der Waals surface area contributed by atoms with Crippen LogP contribution in [-0.2, 0) is 11.3 Å². The summed E-state index contributed by atoms with van der Waals surface area (Å²) in [5.41, 5.74) is 0. The SMILES string of the molecule is CC(C)C(NC(=O)c1ccco1)C(=O)N(C)Cc1cccs1. The molecule has 2 aromatic rings. The first kappa shape index (κ1) is 16.3. The van der Waals surface area contributed by atoms with Crippen LogP contribution in [0.3, 0.4) is 0 Å². The second kappa shape index (κ2) is 7.26. The second-order valence-corrected chi connectivity index (χ2v) is 6.48. The number of nitrogens with zero attached hydrogens (tertiary/aromatic N) is 1. The van der Waals surface area contributed by atoms with Gasteiger partial charge in [-0.15, -0.1) is 11.3 Å². The Hall–Kier alpha value is -2.08. The number of carbonyl (C=O) groups excluding carboxylic acids is 2. The van der Waals surface area contributed by atoms with Crippen LogP contribution in [-0.4, -0.2) is 29.8 Å². The van der Waals surface area contributed by atoms with Crippen LogP contribution in [0.25, 0.3) is 0 Å². The van der Waals surface area contributed by atoms with Gasteiger partial charge in [-0.05, 0) is 29.5 Å². The van der Waals surface area contributed by atoms with E-state index in [1.54, 1.807) is 35.4 Å². The van der Waals surface area contributed by atoms with Crippen LogP contribution < -0.4 is 5.32 Å². The van der Waals surface area contributed by atoms with Crippen molar-refractivity contribution in [2.75, 3.05) is 7.05 Å². The molecule has 0 bridgehead atoms. The van der Waals surface area contributed by atoms with E-state index in [-0.39, 0.29) is 23.5 Å². The highest BCUT2D eigenvalue weighted by molar-refractivity contribution is 7.09. The summed E-state index contributed by atoms with van der Waals surface area (Å²) in [4.78, 5) is 27.4. The molecule has 5 nitrogen and oxygen atoms in total. The monoisotopic (exact) mass is 320 g/mol. The number of carbonyl (C=O) groups is 2. The number of amides is 2. The smallest absolute Gasteiger partial charge is 0.287 e. The van der Waals surface area contributed by atoms with E-state index >= 15 is 0 Å². The van der Waals surface area contributed by atoms with Crippen molar-refractivity contribution in [1.29, 1.82) is 0 Å². The predicted octanol–water partition coefficient (Wildman–Crippen LogP) is 2.75. The molecule has 0 aromatic carbocycles. The Morgan fingerprint density at radius 2 is 2.09 bits per heavy atom. The lowest BCUT2D eigenvalue weighted by Crippen LogP contribution is -2.49. The Balaban J connectivity index is 2.03. The molecule has 2 heterocycles. The summed E-state index contributed by atoms with van der Waals surface area (Å²) in [6, 6.07) is 6.58. The van der Waals surface area contributed by atoms with Crippen molar-refractivity contribution in [2.24, 2.45) is 5.92 Å². The first-order valence-corrected chi connectivity index (χ1v) is 7.98. The van der Waals surface area contributed by atoms with Crippen molar-refractivity contribution in [3.05, 3.63) is 46.5 Å². The molecule has 0 saturated carbocycles. The molecule has 0 saturated heterocycles. The van der Waals surface area contributed by atoms with Crippen molar-refractivity contribution >= 4 is 23.2 Å². The highest BCUT2D eigenvalue weighted by Gasteiger charge is 2.28. The lowest BCUT2D eigenvalue weighted by atomic mass is 10.0. The standard InChI is InChI=1S/C16H20N2O3S/c1-11(2)14(17-15(19)13-7-4-8-21-13)16(20)18(3)10-12-6-5-9-22-12/h4-9,11,14H,10H2,1-3H3,(H,17,19). The lowest BCUT2D eigenvalue weighted by molar-refractivity contribution is -0.133. The average molecular weight is 320 g/mol. The number of hydrogen-bond donors (Lipinski definition) is 1. The van der Waals surface area contributed by atoms with Crippen LogP contribution >= 0.6 is 11.3 Å². The summed E-state index contributed by atoms with van der Waals surface area (Å²) in [6.07, 6.45) is 1.43. The third kappa shape index (κ3) is 3.98. The van der Waals surface area contributed by atoms with Crippen LogP contribution in [0.15, 0.2) is 40.3 Å². The van der Waals surface area contributed by atoms with E-state index in [9.17, 15) is 9.59 Å². The molecule has 22 heavy (non-hydrogen) atoms. The average Bonchev–Trinajstić information content (AvgIpc) is 3.16. The number of rotatable bonds is 6. The van der Waals surface area contributed by atoms with Gasteiger partial charge in [0.15, 0.2) is 5.76 Å². The largest absolute Gasteiger partial charge is 0.459 e. The first-order valence-electron chi connectivity index (χ1n) is 7.10. The zero-order chi connectivity index (χ0) is 16.1. The molecule has 1 unspecified atom stereocenters. The molecule has 0 aliphatic heterocycles. The molecule has 0 aliphatic carbocycles. The van der Waals surface area contributed by atoms with Gasteiger partial charge in [-0.3, -0.25) is 9.59 Å². The Kier molecular flexibility index (Phi) is 5.38. The number of hydrogen-bond acceptors (Lipinski definition) is 4. The third-order valence-corrected chi connectivity index (χ3v) is 4.17. The van der Waals surface area contributed by atoms with Crippen molar-refractivity contribution in [2.45, 2.75) is 26.4 Å². The topological polar surface area (TPSA) is 62.6 Å². The minimum absolute atomic E-state index is 0.0165. The number of likely N-dealkylation sites (N-methyl/N-ethyl adjacent to an activating group) is 1. The van der Waals surface area contributed by atoms with E-state index in [4.69, 9.17) is 4.42 Å². The Labute approximate surface area is 133 Å². The van der Waals surface area contributed by atoms with E-state index in [2.05, 4.69) is 5.32 Å². The van der Waals surface area contributed by atoms with Crippen molar-refractivity contribution in [3.63, 3.8) is 0 Å². The zero-order valence-corrected chi connectivity index (χ0v) is 13.7. The minimum atomic E-state index is -0.581. The number of nitrogens with one attached hydrogen (secondary N) is 1. The maximum absolute atomic E-state index is 12.6. The fraction of sp³-hybridized carbons (Fsp3) is 0.375. The molecule has 6 heteroatoms. The molecule has 2 amide bonds. The molecule has 1 atom stereocenters. The highest BCUT2D eigenvalue weighted by atomic mass is 32.1. The third-order valence-electron chi connectivity index (χ3n) is 3.31. The zero-order valence-electron chi connectivity index (χ0n) is 12.9. The van der Waals surface area contributed by atoms with Crippen LogP contribution in [0.2, 0.25) is 0 Å². The predicted molar refractivity (Wildman–Crippen MR) is 85.6 cm³/mol. The summed E-state index contributed by atoms with van der Waals surface area (Å²) in [5.74, 6) is -0.290. The number of thiophene rings is 1. The minimum Gasteiger partial charge on any atom is -0.459 e. The van der Waals surface area contributed by atoms with Gasteiger partial charge in [0.05, 0.1) is 12.8 Å². The molecule has 0 spiro atoms. The van der Waals surface area contributed by atoms with E-state index in [1.165, 1.54) is 6.26 Å². The lowest BCUT2D eigenvalue weighted by Gasteiger charge is -2.26. The van der Waals surface area contributed by atoms with E-state index in [1.807, 2.05) is 31.4 Å². The molecule has 2 rings (SSSR count). The number of furan rings is 1. The van der Waals surface area contributed by atoms with Crippen molar-refractivity contribution < 1.29 is 14.0 Å². The van der Waals surface area contributed by atoms with Gasteiger partial charge in [0.1, 0.15) is 6.04 Å². The van der Waals surface area contributed by atoms with Crippen molar-refractivity contribution in [1.82, 2.24) is 10.2 Å². The maximum atomic E-state index is 12.6. The molecule has 0 radical (unpaired) electrons. The molecular weight excluding hydrogens is 300 g/mol. The van der Waals surface area contributed by atoms with E-state index in [0.29, 0.717) is 6.54 Å². The highest BCUT2D eigenvalue weighted by Crippen LogP contribution is 2.14. The normalized spacial score (nSPS) is 12.2. The van der Waals surface area contributed by atoms with Gasteiger partial charge < -0.3 is 14.6 Å². The summed E-state index contributed by atoms with van der Waals surface area (Å²) in [6.45, 7) is 4.35. The van der Waals surface area contributed by atoms with E-state index < -0.39 is 6.04 Å². The van der Waals surface area contributed by atoms with Crippen LogP contribution in [0.5, 0.6) is 0 Å². The first-order chi connectivity index (χ1) is 10.5. The van der Waals surface area contributed by atoms with Crippen molar-refractivity contribution in [3.8, 4) is 0 Å². The fourth-order valence-electron chi connectivity index (χ4n) is 2.09. The summed E-state index contributed by atoms with van der Waals surface area (Å²) < 4.78 is 5.07. The quantitative estimate of drug-likeness (QED) is 0.890. The Morgan fingerprint density at radius 1 is 1.32 bits per heavy atom. The Morgan fingerprint density at radius 3 is 2.64 bits per heavy atom. The molecular formula is C16H20N2O3S. The summed E-state index contributed by atoms with van der Waals surface area (Å²) in [5, 5.41) is 4.74. The second-order valence-electron chi connectivity index (χ2n) is 5.45. The molecule has 1 N–H and O–H groups in total. The van der Waals surface area contributed by atoms with Gasteiger partial charge in [0.25, 0.3) is 5.91 Å². The molecule has 0 fully saturated rings. The fourth-order valence-corrected chi connectivity index (χ4v) is 2.84. The van der Waals surface area contributed by atoms with Gasteiger partial charge in [-0.1, -0.05) is 19.9 Å². The summed E-state index contributed by atoms with van der Waals surface area (Å²) in [7, 11) is 1.75. The van der Waals surface area contributed by atoms with Gasteiger partial charge in [0, 0.05) is 11.9 Å². The molecule has 118 valence electrons. The maximum Gasteiger partial charge on any atom is 0.287 e. The molecule has 0 aliphatic rings.